The van der Waals surface area contributed by atoms with Crippen molar-refractivity contribution in [2.75, 3.05) is 47.2 Å². The molecule has 0 bridgehead atoms. The van der Waals surface area contributed by atoms with Gasteiger partial charge >= 0.3 is 12.2 Å². The van der Waals surface area contributed by atoms with Gasteiger partial charge in [-0.2, -0.15) is 0 Å². The maximum Gasteiger partial charge on any atom is 0.407 e. The van der Waals surface area contributed by atoms with Crippen LogP contribution in [0.25, 0.3) is 22.0 Å². The van der Waals surface area contributed by atoms with E-state index in [9.17, 15) is 19.2 Å². The van der Waals surface area contributed by atoms with Crippen LogP contribution in [0.3, 0.4) is 0 Å². The molecule has 4 aliphatic heterocycles. The molecule has 2 aromatic heterocycles. The van der Waals surface area contributed by atoms with E-state index < -0.39 is 24.3 Å². The molecule has 0 spiro atoms. The number of aromatic amines is 2. The zero-order chi connectivity index (χ0) is 42.9. The molecule has 9 rings (SSSR count). The molecule has 2 aromatic carbocycles. The van der Waals surface area contributed by atoms with Crippen LogP contribution in [-0.2, 0) is 28.5 Å². The summed E-state index contributed by atoms with van der Waals surface area (Å²) in [5, 5.41) is 7.73. The van der Waals surface area contributed by atoms with Crippen LogP contribution in [0.5, 0.6) is 0 Å². The summed E-state index contributed by atoms with van der Waals surface area (Å²) in [5.74, 6) is 8.29. The smallest absolute Gasteiger partial charge is 0.407 e. The minimum absolute atomic E-state index is 0.0279. The number of carbonyl (C=O) groups excluding carboxylic acids is 4. The van der Waals surface area contributed by atoms with E-state index in [4.69, 9.17) is 23.9 Å². The lowest BCUT2D eigenvalue weighted by atomic mass is 9.90. The first-order valence-corrected chi connectivity index (χ1v) is 21.8. The van der Waals surface area contributed by atoms with Crippen LogP contribution >= 0.6 is 0 Å². The molecule has 16 nitrogen and oxygen atoms in total. The number of carbonyl (C=O) groups is 4. The monoisotopic (exact) mass is 846 g/mol. The van der Waals surface area contributed by atoms with Crippen LogP contribution in [0.2, 0.25) is 0 Å². The molecule has 326 valence electrons. The van der Waals surface area contributed by atoms with E-state index in [-0.39, 0.29) is 47.7 Å². The lowest BCUT2D eigenvalue weighted by molar-refractivity contribution is -0.138. The van der Waals surface area contributed by atoms with Crippen molar-refractivity contribution in [2.24, 2.45) is 23.7 Å². The number of likely N-dealkylation sites (tertiary alicyclic amines) is 2. The van der Waals surface area contributed by atoms with E-state index in [1.54, 1.807) is 6.20 Å². The number of imidazole rings is 2. The lowest BCUT2D eigenvalue weighted by Crippen LogP contribution is -2.54. The zero-order valence-electron chi connectivity index (χ0n) is 35.4. The average Bonchev–Trinajstić information content (AvgIpc) is 3.78. The number of piperidine rings is 1. The van der Waals surface area contributed by atoms with Crippen LogP contribution in [-0.4, -0.2) is 119 Å². The number of hydrogen-bond donors (Lipinski definition) is 4. The Kier molecular flexibility index (Phi) is 11.9. The van der Waals surface area contributed by atoms with Gasteiger partial charge in [0.25, 0.3) is 0 Å². The standard InChI is InChI=1S/C46H54N8O8/c1-26-18-37(53(25-26)43(55)39(51-45(57)59-2)28-10-14-61-15-11-28)41-47-23-34(49-41)9-5-27-4-6-31-20-32(8-7-30(31)19-27)35-24-48-42(50-35)38-22-33-21-36(33)54(38)44(56)40(52-46(58)60-3)29-12-16-62-17-13-29/h4,6-8,19-20,23-24,26,28-29,33,36-40H,10-18,21-22,25H2,1-3H3,(H,47,49)(H,48,50)(H,51,57)(H,52,58)/t26-,33-,36?,37+,38+,39?,40?/m1/s1. The molecule has 4 N–H and O–H groups in total. The normalized spacial score (nSPS) is 24.7. The van der Waals surface area contributed by atoms with Gasteiger partial charge in [-0.1, -0.05) is 31.0 Å². The highest BCUT2D eigenvalue weighted by Crippen LogP contribution is 2.53. The summed E-state index contributed by atoms with van der Waals surface area (Å²) in [6, 6.07) is 10.6. The third kappa shape index (κ3) is 8.60. The van der Waals surface area contributed by atoms with Gasteiger partial charge in [-0.05, 0) is 104 Å². The fourth-order valence-corrected chi connectivity index (χ4v) is 9.99. The average molecular weight is 847 g/mol. The number of methoxy groups -OCH3 is 2. The van der Waals surface area contributed by atoms with E-state index in [2.05, 4.69) is 74.7 Å². The Morgan fingerprint density at radius 3 is 2.08 bits per heavy atom. The molecule has 62 heavy (non-hydrogen) atoms. The first-order valence-electron chi connectivity index (χ1n) is 21.8. The predicted octanol–water partition coefficient (Wildman–Crippen LogP) is 5.23. The Labute approximate surface area is 360 Å². The summed E-state index contributed by atoms with van der Waals surface area (Å²) in [6.45, 7) is 4.89. The molecule has 6 heterocycles. The topological polar surface area (TPSA) is 193 Å². The molecule has 4 amide bonds. The summed E-state index contributed by atoms with van der Waals surface area (Å²) >= 11 is 0. The molecule has 1 aliphatic carbocycles. The first-order chi connectivity index (χ1) is 30.2. The quantitative estimate of drug-likeness (QED) is 0.162. The van der Waals surface area contributed by atoms with Crippen LogP contribution in [0.4, 0.5) is 9.59 Å². The second-order valence-corrected chi connectivity index (χ2v) is 17.4. The van der Waals surface area contributed by atoms with E-state index in [1.165, 1.54) is 14.2 Å². The van der Waals surface area contributed by atoms with Gasteiger partial charge < -0.3 is 49.3 Å². The molecule has 5 fully saturated rings. The van der Waals surface area contributed by atoms with E-state index in [1.807, 2.05) is 22.1 Å². The fourth-order valence-electron chi connectivity index (χ4n) is 9.99. The summed E-state index contributed by atoms with van der Waals surface area (Å²) < 4.78 is 20.9. The molecule has 16 heteroatoms. The van der Waals surface area contributed by atoms with Gasteiger partial charge in [0.05, 0.1) is 44.4 Å². The number of amides is 4. The minimum Gasteiger partial charge on any atom is -0.453 e. The van der Waals surface area contributed by atoms with Crippen molar-refractivity contribution in [3.05, 3.63) is 71.7 Å². The van der Waals surface area contributed by atoms with Crippen molar-refractivity contribution in [1.29, 1.82) is 0 Å². The third-order valence-electron chi connectivity index (χ3n) is 13.4. The highest BCUT2D eigenvalue weighted by atomic mass is 16.5. The fraction of sp³-hybridized carbons (Fsp3) is 0.522. The number of ether oxygens (including phenoxy) is 4. The van der Waals surface area contributed by atoms with Crippen molar-refractivity contribution in [2.45, 2.75) is 82.1 Å². The SMILES string of the molecule is COC(=O)NC(C(=O)N1C[C@H](C)C[C@H]1c1ncc(C#Cc2ccc3cc(-c4cnc([C@@H]5C[C@H]6CC6N5C(=O)C(NC(=O)OC)C5CCOCC5)[nH]4)ccc3c2)[nH]1)C1CCOCC1. The Bertz CT molecular complexity index is 2370. The third-order valence-corrected chi connectivity index (χ3v) is 13.4. The van der Waals surface area contributed by atoms with Gasteiger partial charge in [-0.3, -0.25) is 9.59 Å². The highest BCUT2D eigenvalue weighted by molar-refractivity contribution is 5.89. The molecule has 4 aromatic rings. The Balaban J connectivity index is 0.877. The molecule has 1 saturated carbocycles. The van der Waals surface area contributed by atoms with Gasteiger partial charge in [0.1, 0.15) is 29.4 Å². The van der Waals surface area contributed by atoms with E-state index in [0.29, 0.717) is 76.1 Å². The number of aromatic nitrogens is 4. The molecular formula is C46H54N8O8. The number of alkyl carbamates (subject to hydrolysis) is 2. The van der Waals surface area contributed by atoms with Crippen LogP contribution in [0.1, 0.15) is 86.9 Å². The number of nitrogens with zero attached hydrogens (tertiary/aromatic N) is 4. The highest BCUT2D eigenvalue weighted by Gasteiger charge is 2.56. The Morgan fingerprint density at radius 2 is 1.39 bits per heavy atom. The molecule has 3 unspecified atom stereocenters. The lowest BCUT2D eigenvalue weighted by Gasteiger charge is -2.35. The number of nitrogens with one attached hydrogen (secondary N) is 4. The van der Waals surface area contributed by atoms with E-state index in [0.717, 1.165) is 52.7 Å². The number of rotatable bonds is 9. The molecule has 7 atom stereocenters. The second kappa shape index (κ2) is 17.8. The molecule has 4 saturated heterocycles. The van der Waals surface area contributed by atoms with Gasteiger partial charge in [0.2, 0.25) is 11.8 Å². The van der Waals surface area contributed by atoms with E-state index >= 15 is 0 Å². The number of benzene rings is 2. The zero-order valence-corrected chi connectivity index (χ0v) is 35.4. The minimum atomic E-state index is -0.709. The van der Waals surface area contributed by atoms with Crippen molar-refractivity contribution in [3.8, 4) is 23.1 Å². The van der Waals surface area contributed by atoms with Crippen molar-refractivity contribution < 1.29 is 38.1 Å². The van der Waals surface area contributed by atoms with Crippen molar-refractivity contribution in [1.82, 2.24) is 40.4 Å². The maximum absolute atomic E-state index is 14.2. The summed E-state index contributed by atoms with van der Waals surface area (Å²) in [7, 11) is 2.62. The summed E-state index contributed by atoms with van der Waals surface area (Å²) in [5.41, 5.74) is 3.32. The van der Waals surface area contributed by atoms with Crippen LogP contribution < -0.4 is 10.6 Å². The van der Waals surface area contributed by atoms with Crippen molar-refractivity contribution >= 4 is 34.8 Å². The summed E-state index contributed by atoms with van der Waals surface area (Å²) in [4.78, 5) is 73.1. The first kappa shape index (κ1) is 41.4. The summed E-state index contributed by atoms with van der Waals surface area (Å²) in [6.07, 6.45) is 7.59. The van der Waals surface area contributed by atoms with Gasteiger partial charge in [-0.25, -0.2) is 19.6 Å². The van der Waals surface area contributed by atoms with Gasteiger partial charge in [0, 0.05) is 50.1 Å². The van der Waals surface area contributed by atoms with Gasteiger partial charge in [-0.15, -0.1) is 0 Å². The Hall–Kier alpha value is -5.92. The van der Waals surface area contributed by atoms with Gasteiger partial charge in [0.15, 0.2) is 0 Å². The molecule has 0 radical (unpaired) electrons. The number of hydrogen-bond acceptors (Lipinski definition) is 10. The van der Waals surface area contributed by atoms with Crippen LogP contribution in [0.15, 0.2) is 48.8 Å². The largest absolute Gasteiger partial charge is 0.453 e. The number of fused-ring (bicyclic) bond motifs is 2. The Morgan fingerprint density at radius 1 is 0.758 bits per heavy atom. The van der Waals surface area contributed by atoms with Crippen molar-refractivity contribution in [3.63, 3.8) is 0 Å². The second-order valence-electron chi connectivity index (χ2n) is 17.4. The molecular weight excluding hydrogens is 793 g/mol. The molecule has 5 aliphatic rings. The number of H-pyrrole nitrogens is 2. The van der Waals surface area contributed by atoms with Crippen LogP contribution in [0, 0.1) is 35.5 Å². The maximum atomic E-state index is 14.2. The predicted molar refractivity (Wildman–Crippen MR) is 226 cm³/mol.